The fourth-order valence-corrected chi connectivity index (χ4v) is 3.65. The van der Waals surface area contributed by atoms with Gasteiger partial charge in [0.25, 0.3) is 10.0 Å². The topological polar surface area (TPSA) is 75.3 Å². The monoisotopic (exact) mass is 398 g/mol. The number of sulfonamides is 1. The average Bonchev–Trinajstić information content (AvgIpc) is 2.63. The highest BCUT2D eigenvalue weighted by Crippen LogP contribution is 2.19. The summed E-state index contributed by atoms with van der Waals surface area (Å²) in [7, 11) is -3.68. The number of halogens is 1. The Morgan fingerprint density at radius 3 is 2.21 bits per heavy atom. The van der Waals surface area contributed by atoms with Gasteiger partial charge >= 0.3 is 0 Å². The number of nitrogens with one attached hydrogen (secondary N) is 2. The van der Waals surface area contributed by atoms with E-state index < -0.39 is 15.8 Å². The molecule has 0 spiro atoms. The maximum atomic E-state index is 13.2. The fraction of sp³-hybridized carbons (Fsp3) is 0.0952. The van der Waals surface area contributed by atoms with Gasteiger partial charge in [0.2, 0.25) is 5.91 Å². The van der Waals surface area contributed by atoms with Crippen molar-refractivity contribution in [1.82, 2.24) is 0 Å². The predicted molar refractivity (Wildman–Crippen MR) is 107 cm³/mol. The number of carbonyl (C=O) groups is 1. The maximum Gasteiger partial charge on any atom is 0.261 e. The zero-order valence-electron chi connectivity index (χ0n) is 15.1. The lowest BCUT2D eigenvalue weighted by atomic mass is 10.1. The van der Waals surface area contributed by atoms with Crippen molar-refractivity contribution in [3.05, 3.63) is 89.7 Å². The quantitative estimate of drug-likeness (QED) is 0.656. The van der Waals surface area contributed by atoms with Gasteiger partial charge in [-0.1, -0.05) is 29.8 Å². The number of rotatable bonds is 6. The molecule has 0 bridgehead atoms. The summed E-state index contributed by atoms with van der Waals surface area (Å²) in [6.07, 6.45) is 0.0412. The second kappa shape index (κ2) is 8.22. The zero-order valence-corrected chi connectivity index (χ0v) is 16.0. The summed E-state index contributed by atoms with van der Waals surface area (Å²) >= 11 is 0. The molecule has 144 valence electrons. The number of hydrogen-bond acceptors (Lipinski definition) is 3. The highest BCUT2D eigenvalue weighted by Gasteiger charge is 2.14. The molecule has 0 aliphatic heterocycles. The first kappa shape index (κ1) is 19.6. The fourth-order valence-electron chi connectivity index (χ4n) is 2.59. The van der Waals surface area contributed by atoms with Crippen LogP contribution in [0.5, 0.6) is 0 Å². The van der Waals surface area contributed by atoms with Crippen molar-refractivity contribution in [1.29, 1.82) is 0 Å². The molecule has 0 radical (unpaired) electrons. The van der Waals surface area contributed by atoms with E-state index in [1.54, 1.807) is 60.7 Å². The van der Waals surface area contributed by atoms with Crippen LogP contribution in [0.2, 0.25) is 0 Å². The van der Waals surface area contributed by atoms with E-state index in [4.69, 9.17) is 0 Å². The van der Waals surface area contributed by atoms with Crippen LogP contribution in [-0.4, -0.2) is 14.3 Å². The molecule has 0 aliphatic carbocycles. The van der Waals surface area contributed by atoms with E-state index in [1.165, 1.54) is 12.1 Å². The van der Waals surface area contributed by atoms with Gasteiger partial charge in [-0.25, -0.2) is 12.8 Å². The Labute approximate surface area is 163 Å². The summed E-state index contributed by atoms with van der Waals surface area (Å²) < 4.78 is 40.5. The first-order chi connectivity index (χ1) is 13.3. The molecule has 7 heteroatoms. The molecule has 1 amide bonds. The first-order valence-electron chi connectivity index (χ1n) is 8.56. The third kappa shape index (κ3) is 5.17. The molecule has 0 aromatic heterocycles. The first-order valence-corrected chi connectivity index (χ1v) is 10.0. The van der Waals surface area contributed by atoms with Crippen LogP contribution in [0.15, 0.2) is 77.7 Å². The van der Waals surface area contributed by atoms with E-state index in [-0.39, 0.29) is 17.2 Å². The number of benzene rings is 3. The molecular formula is C21H19FN2O3S. The Morgan fingerprint density at radius 2 is 1.57 bits per heavy atom. The van der Waals surface area contributed by atoms with Crippen LogP contribution in [-0.2, 0) is 21.2 Å². The van der Waals surface area contributed by atoms with Crippen LogP contribution in [0.4, 0.5) is 15.8 Å². The van der Waals surface area contributed by atoms with Gasteiger partial charge < -0.3 is 5.32 Å². The van der Waals surface area contributed by atoms with Crippen molar-refractivity contribution in [2.75, 3.05) is 10.0 Å². The molecule has 0 heterocycles. The van der Waals surface area contributed by atoms with E-state index >= 15 is 0 Å². The Hall–Kier alpha value is -3.19. The summed E-state index contributed by atoms with van der Waals surface area (Å²) in [4.78, 5) is 12.2. The molecule has 3 rings (SSSR count). The van der Waals surface area contributed by atoms with E-state index in [2.05, 4.69) is 10.0 Å². The normalized spacial score (nSPS) is 11.1. The van der Waals surface area contributed by atoms with Crippen molar-refractivity contribution in [2.45, 2.75) is 18.2 Å². The van der Waals surface area contributed by atoms with Gasteiger partial charge in [0.1, 0.15) is 5.82 Å². The van der Waals surface area contributed by atoms with Crippen molar-refractivity contribution in [3.63, 3.8) is 0 Å². The minimum absolute atomic E-state index is 0.0412. The van der Waals surface area contributed by atoms with Crippen LogP contribution in [0.3, 0.4) is 0 Å². The van der Waals surface area contributed by atoms with Crippen LogP contribution in [0.25, 0.3) is 0 Å². The smallest absolute Gasteiger partial charge is 0.261 e. The highest BCUT2D eigenvalue weighted by atomic mass is 32.2. The summed E-state index contributed by atoms with van der Waals surface area (Å²) in [5.74, 6) is -0.686. The van der Waals surface area contributed by atoms with Gasteiger partial charge in [0, 0.05) is 11.4 Å². The molecule has 0 aliphatic rings. The minimum Gasteiger partial charge on any atom is -0.326 e. The number of amides is 1. The van der Waals surface area contributed by atoms with Crippen molar-refractivity contribution in [3.8, 4) is 0 Å². The molecule has 0 saturated carbocycles. The van der Waals surface area contributed by atoms with Crippen molar-refractivity contribution < 1.29 is 17.6 Å². The predicted octanol–water partition coefficient (Wildman–Crippen LogP) is 4.12. The molecule has 3 aromatic rings. The molecule has 3 aromatic carbocycles. The molecule has 28 heavy (non-hydrogen) atoms. The molecule has 0 unspecified atom stereocenters. The second-order valence-electron chi connectivity index (χ2n) is 6.35. The number of carbonyl (C=O) groups excluding carboxylic acids is 1. The van der Waals surface area contributed by atoms with Gasteiger partial charge in [-0.2, -0.15) is 0 Å². The number of aryl methyl sites for hydroxylation is 1. The third-order valence-electron chi connectivity index (χ3n) is 4.01. The molecule has 5 nitrogen and oxygen atoms in total. The van der Waals surface area contributed by atoms with Crippen LogP contribution in [0.1, 0.15) is 11.1 Å². The molecule has 0 atom stereocenters. The van der Waals surface area contributed by atoms with Gasteiger partial charge in [0.05, 0.1) is 11.3 Å². The van der Waals surface area contributed by atoms with Crippen molar-refractivity contribution in [2.24, 2.45) is 0 Å². The Kier molecular flexibility index (Phi) is 5.75. The van der Waals surface area contributed by atoms with E-state index in [0.717, 1.165) is 5.56 Å². The van der Waals surface area contributed by atoms with Gasteiger partial charge in [-0.3, -0.25) is 9.52 Å². The molecule has 0 fully saturated rings. The van der Waals surface area contributed by atoms with E-state index in [9.17, 15) is 17.6 Å². The van der Waals surface area contributed by atoms with Crippen molar-refractivity contribution >= 4 is 27.3 Å². The number of anilines is 2. The van der Waals surface area contributed by atoms with Crippen LogP contribution >= 0.6 is 0 Å². The van der Waals surface area contributed by atoms with Gasteiger partial charge in [0.15, 0.2) is 0 Å². The maximum absolute atomic E-state index is 13.2. The Morgan fingerprint density at radius 1 is 0.929 bits per heavy atom. The molecule has 0 saturated heterocycles. The Bertz CT molecular complexity index is 1080. The summed E-state index contributed by atoms with van der Waals surface area (Å²) in [5, 5.41) is 2.70. The van der Waals surface area contributed by atoms with Crippen LogP contribution in [0, 0.1) is 12.7 Å². The van der Waals surface area contributed by atoms with Crippen LogP contribution < -0.4 is 10.0 Å². The average molecular weight is 398 g/mol. The van der Waals surface area contributed by atoms with E-state index in [0.29, 0.717) is 16.9 Å². The largest absolute Gasteiger partial charge is 0.326 e. The zero-order chi connectivity index (χ0) is 20.1. The lowest BCUT2D eigenvalue weighted by molar-refractivity contribution is -0.115. The highest BCUT2D eigenvalue weighted by molar-refractivity contribution is 7.92. The second-order valence-corrected chi connectivity index (χ2v) is 8.03. The van der Waals surface area contributed by atoms with E-state index in [1.807, 2.05) is 6.92 Å². The standard InChI is InChI=1S/C21H19FN2O3S/c1-15-5-11-20(12-6-15)28(26,27)24-19-9-7-18(8-10-19)23-21(25)14-16-3-2-4-17(22)13-16/h2-13,24H,14H2,1H3,(H,23,25). The summed E-state index contributed by atoms with van der Waals surface area (Å²) in [6.45, 7) is 1.88. The van der Waals surface area contributed by atoms with Gasteiger partial charge in [-0.15, -0.1) is 0 Å². The molecule has 2 N–H and O–H groups in total. The lowest BCUT2D eigenvalue weighted by Gasteiger charge is -2.10. The molecular weight excluding hydrogens is 379 g/mol. The Balaban J connectivity index is 1.63. The minimum atomic E-state index is -3.68. The van der Waals surface area contributed by atoms with Gasteiger partial charge in [-0.05, 0) is 61.0 Å². The summed E-state index contributed by atoms with van der Waals surface area (Å²) in [6, 6.07) is 18.7. The third-order valence-corrected chi connectivity index (χ3v) is 5.40. The lowest BCUT2D eigenvalue weighted by Crippen LogP contribution is -2.15. The SMILES string of the molecule is Cc1ccc(S(=O)(=O)Nc2ccc(NC(=O)Cc3cccc(F)c3)cc2)cc1. The number of hydrogen-bond donors (Lipinski definition) is 2. The summed E-state index contributed by atoms with van der Waals surface area (Å²) in [5.41, 5.74) is 2.43.